The van der Waals surface area contributed by atoms with Crippen molar-refractivity contribution in [3.63, 3.8) is 0 Å². The summed E-state index contributed by atoms with van der Waals surface area (Å²) in [5.41, 5.74) is 1.14. The molecule has 0 saturated carbocycles. The van der Waals surface area contributed by atoms with Crippen molar-refractivity contribution in [1.82, 2.24) is 5.32 Å². The Bertz CT molecular complexity index is 531. The number of amides is 1. The SMILES string of the molecule is COc1ccc(OC)c([C@H]2CCC[NH+]2CC(=O)NCC(C)C)c1. The standard InChI is InChI=1S/C18H28N2O3/c1-13(2)11-19-18(21)12-20-9-5-6-16(20)15-10-14(22-3)7-8-17(15)23-4/h7-8,10,13,16H,5-6,9,11-12H2,1-4H3,(H,19,21)/p+1/t16-/m1/s1. The van der Waals surface area contributed by atoms with Crippen LogP contribution in [0, 0.1) is 5.92 Å². The van der Waals surface area contributed by atoms with Gasteiger partial charge >= 0.3 is 0 Å². The number of benzene rings is 1. The highest BCUT2D eigenvalue weighted by Crippen LogP contribution is 2.31. The highest BCUT2D eigenvalue weighted by atomic mass is 16.5. The van der Waals surface area contributed by atoms with Gasteiger partial charge in [-0.2, -0.15) is 0 Å². The molecule has 1 aromatic carbocycles. The van der Waals surface area contributed by atoms with Crippen LogP contribution >= 0.6 is 0 Å². The predicted octanol–water partition coefficient (Wildman–Crippen LogP) is 1.20. The summed E-state index contributed by atoms with van der Waals surface area (Å²) in [6, 6.07) is 6.18. The van der Waals surface area contributed by atoms with E-state index in [-0.39, 0.29) is 11.9 Å². The predicted molar refractivity (Wildman–Crippen MR) is 90.1 cm³/mol. The number of carbonyl (C=O) groups is 1. The van der Waals surface area contributed by atoms with E-state index in [9.17, 15) is 4.79 Å². The van der Waals surface area contributed by atoms with Crippen LogP contribution in [0.3, 0.4) is 0 Å². The van der Waals surface area contributed by atoms with E-state index in [1.165, 1.54) is 4.90 Å². The normalized spacial score (nSPS) is 20.6. The maximum Gasteiger partial charge on any atom is 0.275 e. The zero-order valence-corrected chi connectivity index (χ0v) is 14.6. The van der Waals surface area contributed by atoms with Crippen LogP contribution in [0.15, 0.2) is 18.2 Å². The van der Waals surface area contributed by atoms with Crippen LogP contribution in [0.1, 0.15) is 38.3 Å². The van der Waals surface area contributed by atoms with Crippen LogP contribution in [-0.2, 0) is 4.79 Å². The average Bonchev–Trinajstić information content (AvgIpc) is 3.00. The monoisotopic (exact) mass is 321 g/mol. The maximum atomic E-state index is 12.2. The molecule has 0 spiro atoms. The third kappa shape index (κ3) is 4.61. The van der Waals surface area contributed by atoms with Crippen molar-refractivity contribution in [3.05, 3.63) is 23.8 Å². The van der Waals surface area contributed by atoms with E-state index < -0.39 is 0 Å². The van der Waals surface area contributed by atoms with Crippen LogP contribution in [0.5, 0.6) is 11.5 Å². The Labute approximate surface area is 139 Å². The molecule has 0 bridgehead atoms. The lowest BCUT2D eigenvalue weighted by Crippen LogP contribution is -3.11. The summed E-state index contributed by atoms with van der Waals surface area (Å²) in [5, 5.41) is 3.02. The molecule has 1 fully saturated rings. The van der Waals surface area contributed by atoms with Crippen molar-refractivity contribution < 1.29 is 19.2 Å². The third-order valence-corrected chi connectivity index (χ3v) is 4.39. The number of methoxy groups -OCH3 is 2. The second kappa shape index (κ2) is 8.20. The van der Waals surface area contributed by atoms with E-state index in [2.05, 4.69) is 19.2 Å². The molecule has 1 saturated heterocycles. The van der Waals surface area contributed by atoms with Gasteiger partial charge < -0.3 is 19.7 Å². The van der Waals surface area contributed by atoms with Crippen molar-refractivity contribution in [2.75, 3.05) is 33.9 Å². The number of nitrogens with one attached hydrogen (secondary N) is 2. The first-order valence-corrected chi connectivity index (χ1v) is 8.38. The molecule has 1 amide bonds. The molecule has 1 aromatic rings. The summed E-state index contributed by atoms with van der Waals surface area (Å²) in [6.45, 7) is 6.47. The quantitative estimate of drug-likeness (QED) is 0.793. The lowest BCUT2D eigenvalue weighted by atomic mass is 10.0. The van der Waals surface area contributed by atoms with Gasteiger partial charge in [0.1, 0.15) is 17.5 Å². The fourth-order valence-electron chi connectivity index (χ4n) is 3.20. The molecular weight excluding hydrogens is 292 g/mol. The average molecular weight is 321 g/mol. The first kappa shape index (κ1) is 17.6. The number of rotatable bonds is 7. The third-order valence-electron chi connectivity index (χ3n) is 4.39. The van der Waals surface area contributed by atoms with Crippen LogP contribution < -0.4 is 19.7 Å². The van der Waals surface area contributed by atoms with Crippen molar-refractivity contribution in [2.45, 2.75) is 32.7 Å². The molecule has 1 heterocycles. The van der Waals surface area contributed by atoms with Gasteiger partial charge in [0.2, 0.25) is 0 Å². The van der Waals surface area contributed by atoms with E-state index in [4.69, 9.17) is 9.47 Å². The molecule has 2 atom stereocenters. The molecule has 1 aliphatic rings. The maximum absolute atomic E-state index is 12.2. The molecular formula is C18H29N2O3+. The van der Waals surface area contributed by atoms with E-state index in [0.717, 1.165) is 43.0 Å². The lowest BCUT2D eigenvalue weighted by Gasteiger charge is -2.23. The molecule has 23 heavy (non-hydrogen) atoms. The Hall–Kier alpha value is -1.75. The van der Waals surface area contributed by atoms with Gasteiger partial charge in [-0.1, -0.05) is 13.8 Å². The topological polar surface area (TPSA) is 52.0 Å². The van der Waals surface area contributed by atoms with Crippen LogP contribution in [-0.4, -0.2) is 39.8 Å². The molecule has 2 N–H and O–H groups in total. The highest BCUT2D eigenvalue weighted by Gasteiger charge is 2.33. The zero-order valence-electron chi connectivity index (χ0n) is 14.6. The summed E-state index contributed by atoms with van der Waals surface area (Å²) in [4.78, 5) is 13.5. The first-order valence-electron chi connectivity index (χ1n) is 8.38. The van der Waals surface area contributed by atoms with Crippen molar-refractivity contribution >= 4 is 5.91 Å². The number of likely N-dealkylation sites (tertiary alicyclic amines) is 1. The second-order valence-electron chi connectivity index (χ2n) is 6.59. The minimum Gasteiger partial charge on any atom is -0.497 e. The molecule has 0 radical (unpaired) electrons. The van der Waals surface area contributed by atoms with E-state index in [1.807, 2.05) is 18.2 Å². The number of hydrogen-bond acceptors (Lipinski definition) is 3. The number of carbonyl (C=O) groups excluding carboxylic acids is 1. The molecule has 5 nitrogen and oxygen atoms in total. The molecule has 5 heteroatoms. The highest BCUT2D eigenvalue weighted by molar-refractivity contribution is 5.76. The summed E-state index contributed by atoms with van der Waals surface area (Å²) in [7, 11) is 3.36. The van der Waals surface area contributed by atoms with Gasteiger partial charge in [-0.25, -0.2) is 0 Å². The van der Waals surface area contributed by atoms with Gasteiger partial charge in [-0.05, 0) is 24.1 Å². The summed E-state index contributed by atoms with van der Waals surface area (Å²) >= 11 is 0. The van der Waals surface area contributed by atoms with Crippen LogP contribution in [0.4, 0.5) is 0 Å². The molecule has 0 aromatic heterocycles. The molecule has 1 unspecified atom stereocenters. The van der Waals surface area contributed by atoms with Crippen molar-refractivity contribution in [3.8, 4) is 11.5 Å². The smallest absolute Gasteiger partial charge is 0.275 e. The van der Waals surface area contributed by atoms with E-state index >= 15 is 0 Å². The minimum absolute atomic E-state index is 0.127. The summed E-state index contributed by atoms with van der Waals surface area (Å²) in [5.74, 6) is 2.30. The van der Waals surface area contributed by atoms with E-state index in [1.54, 1.807) is 14.2 Å². The molecule has 128 valence electrons. The number of ether oxygens (including phenoxy) is 2. The van der Waals surface area contributed by atoms with E-state index in [0.29, 0.717) is 12.5 Å². The minimum atomic E-state index is 0.127. The fourth-order valence-corrected chi connectivity index (χ4v) is 3.20. The van der Waals surface area contributed by atoms with Gasteiger partial charge in [-0.3, -0.25) is 4.79 Å². The van der Waals surface area contributed by atoms with Gasteiger partial charge in [0.05, 0.1) is 26.3 Å². The van der Waals surface area contributed by atoms with Gasteiger partial charge in [0, 0.05) is 19.4 Å². The molecule has 1 aliphatic heterocycles. The fraction of sp³-hybridized carbons (Fsp3) is 0.611. The Morgan fingerprint density at radius 3 is 2.78 bits per heavy atom. The first-order chi connectivity index (χ1) is 11.0. The van der Waals surface area contributed by atoms with Gasteiger partial charge in [0.15, 0.2) is 6.54 Å². The molecule has 2 rings (SSSR count). The number of hydrogen-bond donors (Lipinski definition) is 2. The molecule has 0 aliphatic carbocycles. The summed E-state index contributed by atoms with van der Waals surface area (Å²) in [6.07, 6.45) is 2.19. The Kier molecular flexibility index (Phi) is 6.28. The largest absolute Gasteiger partial charge is 0.497 e. The summed E-state index contributed by atoms with van der Waals surface area (Å²) < 4.78 is 10.9. The lowest BCUT2D eigenvalue weighted by molar-refractivity contribution is -0.910. The van der Waals surface area contributed by atoms with Crippen molar-refractivity contribution in [1.29, 1.82) is 0 Å². The second-order valence-corrected chi connectivity index (χ2v) is 6.59. The van der Waals surface area contributed by atoms with Crippen LogP contribution in [0.2, 0.25) is 0 Å². The Morgan fingerprint density at radius 1 is 1.35 bits per heavy atom. The zero-order chi connectivity index (χ0) is 16.8. The number of quaternary nitrogens is 1. The Balaban J connectivity index is 2.10. The van der Waals surface area contributed by atoms with Crippen molar-refractivity contribution in [2.24, 2.45) is 5.92 Å². The Morgan fingerprint density at radius 2 is 2.13 bits per heavy atom. The van der Waals surface area contributed by atoms with Crippen LogP contribution in [0.25, 0.3) is 0 Å². The van der Waals surface area contributed by atoms with Gasteiger partial charge in [0.25, 0.3) is 5.91 Å². The van der Waals surface area contributed by atoms with Gasteiger partial charge in [-0.15, -0.1) is 0 Å².